The van der Waals surface area contributed by atoms with Gasteiger partial charge in [-0.1, -0.05) is 19.3 Å². The zero-order chi connectivity index (χ0) is 11.0. The maximum Gasteiger partial charge on any atom is 0.00418 e. The van der Waals surface area contributed by atoms with E-state index in [2.05, 4.69) is 4.90 Å². The molecule has 2 saturated carbocycles. The molecule has 0 aromatic carbocycles. The predicted octanol–water partition coefficient (Wildman–Crippen LogP) is 2.24. The van der Waals surface area contributed by atoms with Crippen molar-refractivity contribution in [3.8, 4) is 0 Å². The van der Waals surface area contributed by atoms with E-state index in [0.717, 1.165) is 18.4 Å². The fraction of sp³-hybridized carbons (Fsp3) is 1.00. The van der Waals surface area contributed by atoms with Crippen molar-refractivity contribution in [1.82, 2.24) is 4.90 Å². The number of hydrogen-bond acceptors (Lipinski definition) is 2. The largest absolute Gasteiger partial charge is 0.330 e. The summed E-state index contributed by atoms with van der Waals surface area (Å²) in [4.78, 5) is 2.74. The maximum absolute atomic E-state index is 6.02. The van der Waals surface area contributed by atoms with Gasteiger partial charge in [0.15, 0.2) is 0 Å². The monoisotopic (exact) mass is 222 g/mol. The molecule has 3 fully saturated rings. The highest BCUT2D eigenvalue weighted by Gasteiger charge is 2.46. The number of nitrogens with zero attached hydrogens (tertiary/aromatic N) is 1. The Morgan fingerprint density at radius 3 is 2.50 bits per heavy atom. The summed E-state index contributed by atoms with van der Waals surface area (Å²) in [6.07, 6.45) is 10.2. The molecular formula is C14H26N2. The molecule has 0 aromatic rings. The van der Waals surface area contributed by atoms with Gasteiger partial charge in [0, 0.05) is 19.6 Å². The Bertz CT molecular complexity index is 241. The average Bonchev–Trinajstić information content (AvgIpc) is 3.04. The first kappa shape index (κ1) is 11.0. The molecule has 3 aliphatic rings. The molecule has 1 heterocycles. The van der Waals surface area contributed by atoms with E-state index in [4.69, 9.17) is 5.73 Å². The Balaban J connectivity index is 1.66. The molecular weight excluding hydrogens is 196 g/mol. The van der Waals surface area contributed by atoms with Gasteiger partial charge in [-0.2, -0.15) is 0 Å². The fourth-order valence-electron chi connectivity index (χ4n) is 4.10. The number of rotatable bonds is 3. The van der Waals surface area contributed by atoms with Gasteiger partial charge in [-0.15, -0.1) is 0 Å². The molecule has 1 unspecified atom stereocenters. The van der Waals surface area contributed by atoms with E-state index in [9.17, 15) is 0 Å². The van der Waals surface area contributed by atoms with Crippen molar-refractivity contribution >= 4 is 0 Å². The lowest BCUT2D eigenvalue weighted by Crippen LogP contribution is -2.36. The first-order valence-corrected chi connectivity index (χ1v) is 7.25. The second kappa shape index (κ2) is 4.30. The molecule has 3 rings (SSSR count). The topological polar surface area (TPSA) is 29.3 Å². The summed E-state index contributed by atoms with van der Waals surface area (Å²) in [5, 5.41) is 0. The zero-order valence-electron chi connectivity index (χ0n) is 10.5. The molecule has 0 aromatic heterocycles. The van der Waals surface area contributed by atoms with Crippen molar-refractivity contribution in [2.75, 3.05) is 26.2 Å². The Morgan fingerprint density at radius 1 is 1.12 bits per heavy atom. The predicted molar refractivity (Wildman–Crippen MR) is 67.2 cm³/mol. The van der Waals surface area contributed by atoms with E-state index in [-0.39, 0.29) is 0 Å². The number of hydrogen-bond donors (Lipinski definition) is 1. The molecule has 2 aliphatic carbocycles. The third kappa shape index (κ3) is 2.02. The van der Waals surface area contributed by atoms with E-state index in [0.29, 0.717) is 5.41 Å². The zero-order valence-corrected chi connectivity index (χ0v) is 10.5. The van der Waals surface area contributed by atoms with Gasteiger partial charge in [-0.25, -0.2) is 0 Å². The lowest BCUT2D eigenvalue weighted by molar-refractivity contribution is 0.142. The van der Waals surface area contributed by atoms with Crippen LogP contribution in [0.15, 0.2) is 0 Å². The van der Waals surface area contributed by atoms with Gasteiger partial charge in [-0.3, -0.25) is 0 Å². The van der Waals surface area contributed by atoms with Crippen LogP contribution in [-0.4, -0.2) is 31.1 Å². The van der Waals surface area contributed by atoms with Crippen LogP contribution in [0.2, 0.25) is 0 Å². The van der Waals surface area contributed by atoms with Crippen LogP contribution < -0.4 is 5.73 Å². The minimum atomic E-state index is 0.627. The summed E-state index contributed by atoms with van der Waals surface area (Å²) >= 11 is 0. The normalized spacial score (nSPS) is 34.7. The van der Waals surface area contributed by atoms with E-state index in [1.807, 2.05) is 0 Å². The molecule has 1 saturated heterocycles. The van der Waals surface area contributed by atoms with E-state index in [1.165, 1.54) is 64.6 Å². The van der Waals surface area contributed by atoms with Crippen LogP contribution in [0.4, 0.5) is 0 Å². The van der Waals surface area contributed by atoms with Crippen molar-refractivity contribution in [2.24, 2.45) is 23.0 Å². The summed E-state index contributed by atoms with van der Waals surface area (Å²) in [6, 6.07) is 0. The Hall–Kier alpha value is -0.0800. The highest BCUT2D eigenvalue weighted by atomic mass is 15.2. The summed E-state index contributed by atoms with van der Waals surface area (Å²) in [5.74, 6) is 1.84. The van der Waals surface area contributed by atoms with Gasteiger partial charge < -0.3 is 10.6 Å². The van der Waals surface area contributed by atoms with Crippen LogP contribution in [0.25, 0.3) is 0 Å². The number of nitrogens with two attached hydrogens (primary N) is 1. The molecule has 2 heteroatoms. The first-order valence-electron chi connectivity index (χ1n) is 7.25. The highest BCUT2D eigenvalue weighted by Crippen LogP contribution is 2.47. The lowest BCUT2D eigenvalue weighted by Gasteiger charge is -2.38. The van der Waals surface area contributed by atoms with Crippen LogP contribution in [-0.2, 0) is 0 Å². The second-order valence-corrected chi connectivity index (χ2v) is 6.49. The molecule has 16 heavy (non-hydrogen) atoms. The van der Waals surface area contributed by atoms with Crippen molar-refractivity contribution < 1.29 is 0 Å². The molecule has 0 amide bonds. The van der Waals surface area contributed by atoms with E-state index >= 15 is 0 Å². The third-order valence-electron chi connectivity index (χ3n) is 5.23. The van der Waals surface area contributed by atoms with Gasteiger partial charge in [0.2, 0.25) is 0 Å². The fourth-order valence-corrected chi connectivity index (χ4v) is 4.10. The van der Waals surface area contributed by atoms with E-state index in [1.54, 1.807) is 0 Å². The minimum Gasteiger partial charge on any atom is -0.330 e. The van der Waals surface area contributed by atoms with Crippen LogP contribution in [0, 0.1) is 17.3 Å². The van der Waals surface area contributed by atoms with Gasteiger partial charge >= 0.3 is 0 Å². The quantitative estimate of drug-likeness (QED) is 0.793. The van der Waals surface area contributed by atoms with Gasteiger partial charge in [0.25, 0.3) is 0 Å². The maximum atomic E-state index is 6.02. The van der Waals surface area contributed by atoms with E-state index < -0.39 is 0 Å². The van der Waals surface area contributed by atoms with Gasteiger partial charge in [0.05, 0.1) is 0 Å². The van der Waals surface area contributed by atoms with Crippen molar-refractivity contribution in [2.45, 2.75) is 44.9 Å². The Kier molecular flexibility index (Phi) is 2.97. The third-order valence-corrected chi connectivity index (χ3v) is 5.23. The smallest absolute Gasteiger partial charge is 0.00418 e. The van der Waals surface area contributed by atoms with Gasteiger partial charge in [0.1, 0.15) is 0 Å². The number of likely N-dealkylation sites (tertiary alicyclic amines) is 1. The van der Waals surface area contributed by atoms with Crippen LogP contribution >= 0.6 is 0 Å². The molecule has 1 atom stereocenters. The van der Waals surface area contributed by atoms with Crippen LogP contribution in [0.5, 0.6) is 0 Å². The SMILES string of the molecule is NCC1CN(CC2CC2)CC12CCCCC2. The molecule has 2 nitrogen and oxygen atoms in total. The molecule has 1 spiro atoms. The van der Waals surface area contributed by atoms with Crippen molar-refractivity contribution in [3.05, 3.63) is 0 Å². The first-order chi connectivity index (χ1) is 7.82. The molecule has 92 valence electrons. The standard InChI is InChI=1S/C14H26N2/c15-8-13-10-16(9-12-4-5-12)11-14(13)6-2-1-3-7-14/h12-13H,1-11,15H2. The second-order valence-electron chi connectivity index (χ2n) is 6.49. The summed E-state index contributed by atoms with van der Waals surface area (Å²) in [5.41, 5.74) is 6.65. The van der Waals surface area contributed by atoms with Crippen molar-refractivity contribution in [3.63, 3.8) is 0 Å². The molecule has 0 radical (unpaired) electrons. The Morgan fingerprint density at radius 2 is 1.88 bits per heavy atom. The Labute approximate surface area is 99.6 Å². The highest BCUT2D eigenvalue weighted by molar-refractivity contribution is 4.99. The molecule has 1 aliphatic heterocycles. The molecule has 2 N–H and O–H groups in total. The lowest BCUT2D eigenvalue weighted by atomic mass is 9.68. The van der Waals surface area contributed by atoms with Gasteiger partial charge in [-0.05, 0) is 49.5 Å². The summed E-state index contributed by atoms with van der Waals surface area (Å²) in [6.45, 7) is 4.96. The average molecular weight is 222 g/mol. The van der Waals surface area contributed by atoms with Crippen LogP contribution in [0.3, 0.4) is 0 Å². The molecule has 0 bridgehead atoms. The minimum absolute atomic E-state index is 0.627. The van der Waals surface area contributed by atoms with Crippen LogP contribution in [0.1, 0.15) is 44.9 Å². The summed E-state index contributed by atoms with van der Waals surface area (Å²) < 4.78 is 0. The van der Waals surface area contributed by atoms with Crippen molar-refractivity contribution in [1.29, 1.82) is 0 Å². The summed E-state index contributed by atoms with van der Waals surface area (Å²) in [7, 11) is 0.